The van der Waals surface area contributed by atoms with Crippen LogP contribution >= 0.6 is 0 Å². The first-order chi connectivity index (χ1) is 13.2. The van der Waals surface area contributed by atoms with E-state index in [1.165, 1.54) is 5.56 Å². The summed E-state index contributed by atoms with van der Waals surface area (Å²) in [6.07, 6.45) is 2.03. The van der Waals surface area contributed by atoms with Gasteiger partial charge in [-0.3, -0.25) is 9.80 Å². The molecule has 6 nitrogen and oxygen atoms in total. The highest BCUT2D eigenvalue weighted by molar-refractivity contribution is 5.30. The average molecular weight is 363 g/mol. The largest absolute Gasteiger partial charge is 0.508 e. The Bertz CT molecular complexity index is 854. The first kappa shape index (κ1) is 17.7. The van der Waals surface area contributed by atoms with Gasteiger partial charge in [0.2, 0.25) is 0 Å². The lowest BCUT2D eigenvalue weighted by atomic mass is 10.1. The first-order valence-corrected chi connectivity index (χ1v) is 9.41. The molecule has 0 radical (unpaired) electrons. The smallest absolute Gasteiger partial charge is 0.115 e. The van der Waals surface area contributed by atoms with Crippen LogP contribution in [0.3, 0.4) is 0 Å². The molecule has 140 valence electrons. The summed E-state index contributed by atoms with van der Waals surface area (Å²) >= 11 is 0. The topological polar surface area (TPSA) is 57.4 Å². The molecular formula is C21H25N5O. The maximum Gasteiger partial charge on any atom is 0.115 e. The molecule has 1 aliphatic heterocycles. The van der Waals surface area contributed by atoms with Gasteiger partial charge in [0, 0.05) is 32.7 Å². The van der Waals surface area contributed by atoms with Crippen molar-refractivity contribution < 1.29 is 5.11 Å². The van der Waals surface area contributed by atoms with Crippen LogP contribution in [0.25, 0.3) is 5.69 Å². The number of nitrogens with zero attached hydrogens (tertiary/aromatic N) is 5. The molecule has 0 saturated carbocycles. The number of phenols is 1. The third kappa shape index (κ3) is 4.18. The molecule has 1 fully saturated rings. The van der Waals surface area contributed by atoms with E-state index < -0.39 is 0 Å². The fourth-order valence-corrected chi connectivity index (χ4v) is 3.53. The minimum absolute atomic E-state index is 0.248. The number of aromatic nitrogens is 3. The van der Waals surface area contributed by atoms with Crippen molar-refractivity contribution in [2.45, 2.75) is 19.5 Å². The van der Waals surface area contributed by atoms with Gasteiger partial charge in [-0.25, -0.2) is 4.68 Å². The quantitative estimate of drug-likeness (QED) is 0.755. The zero-order valence-electron chi connectivity index (χ0n) is 15.6. The molecule has 6 heteroatoms. The van der Waals surface area contributed by atoms with Crippen LogP contribution in [-0.4, -0.2) is 56.1 Å². The molecule has 1 saturated heterocycles. The van der Waals surface area contributed by atoms with Gasteiger partial charge >= 0.3 is 0 Å². The summed E-state index contributed by atoms with van der Waals surface area (Å²) in [5.41, 5.74) is 3.27. The second-order valence-electron chi connectivity index (χ2n) is 7.08. The molecule has 1 aromatic heterocycles. The maximum absolute atomic E-state index is 9.41. The van der Waals surface area contributed by atoms with Crippen molar-refractivity contribution in [3.8, 4) is 11.4 Å². The van der Waals surface area contributed by atoms with Crippen LogP contribution in [0.15, 0.2) is 60.8 Å². The Morgan fingerprint density at radius 2 is 1.67 bits per heavy atom. The molecule has 2 heterocycles. The van der Waals surface area contributed by atoms with Crippen LogP contribution < -0.4 is 0 Å². The average Bonchev–Trinajstić information content (AvgIpc) is 3.21. The SMILES string of the molecule is CC(c1cn(-c2ccccc2)nn1)N1CCN(Cc2ccc(O)cc2)CC1. The van der Waals surface area contributed by atoms with Gasteiger partial charge in [-0.2, -0.15) is 0 Å². The minimum Gasteiger partial charge on any atom is -0.508 e. The van der Waals surface area contributed by atoms with Crippen molar-refractivity contribution in [2.24, 2.45) is 0 Å². The van der Waals surface area contributed by atoms with Gasteiger partial charge in [-0.1, -0.05) is 35.5 Å². The Kier molecular flexibility index (Phi) is 5.18. The van der Waals surface area contributed by atoms with Crippen LogP contribution in [0.1, 0.15) is 24.2 Å². The second kappa shape index (κ2) is 7.90. The fourth-order valence-electron chi connectivity index (χ4n) is 3.53. The number of hydrogen-bond donors (Lipinski definition) is 1. The zero-order chi connectivity index (χ0) is 18.6. The summed E-state index contributed by atoms with van der Waals surface area (Å²) in [4.78, 5) is 4.92. The molecule has 3 aromatic rings. The summed E-state index contributed by atoms with van der Waals surface area (Å²) in [5, 5.41) is 18.1. The maximum atomic E-state index is 9.41. The molecule has 0 spiro atoms. The number of piperazine rings is 1. The number of phenolic OH excluding ortho intramolecular Hbond substituents is 1. The van der Waals surface area contributed by atoms with Gasteiger partial charge in [0.1, 0.15) is 5.75 Å². The fraction of sp³-hybridized carbons (Fsp3) is 0.333. The Balaban J connectivity index is 1.34. The summed E-state index contributed by atoms with van der Waals surface area (Å²) in [5.74, 6) is 0.320. The second-order valence-corrected chi connectivity index (χ2v) is 7.08. The van der Waals surface area contributed by atoms with Crippen molar-refractivity contribution >= 4 is 0 Å². The van der Waals surface area contributed by atoms with Crippen molar-refractivity contribution in [2.75, 3.05) is 26.2 Å². The molecule has 0 amide bonds. The van der Waals surface area contributed by atoms with Gasteiger partial charge < -0.3 is 5.11 Å². The van der Waals surface area contributed by atoms with Crippen LogP contribution in [0.5, 0.6) is 5.75 Å². The summed E-state index contributed by atoms with van der Waals surface area (Å²) in [6.45, 7) is 7.20. The van der Waals surface area contributed by atoms with Gasteiger partial charge in [-0.05, 0) is 36.8 Å². The number of hydrogen-bond acceptors (Lipinski definition) is 5. The number of rotatable bonds is 5. The Hall–Kier alpha value is -2.70. The molecule has 27 heavy (non-hydrogen) atoms. The van der Waals surface area contributed by atoms with E-state index >= 15 is 0 Å². The molecular weight excluding hydrogens is 338 g/mol. The van der Waals surface area contributed by atoms with Crippen LogP contribution in [0.2, 0.25) is 0 Å². The lowest BCUT2D eigenvalue weighted by Gasteiger charge is -2.37. The van der Waals surface area contributed by atoms with Crippen LogP contribution in [-0.2, 0) is 6.54 Å². The predicted molar refractivity (Wildman–Crippen MR) is 105 cm³/mol. The van der Waals surface area contributed by atoms with Gasteiger partial charge in [0.05, 0.1) is 23.6 Å². The molecule has 1 unspecified atom stereocenters. The van der Waals surface area contributed by atoms with Crippen LogP contribution in [0, 0.1) is 0 Å². The third-order valence-electron chi connectivity index (χ3n) is 5.26. The molecule has 1 aliphatic rings. The van der Waals surface area contributed by atoms with Crippen LogP contribution in [0.4, 0.5) is 0 Å². The van der Waals surface area contributed by atoms with E-state index in [4.69, 9.17) is 0 Å². The number of benzene rings is 2. The lowest BCUT2D eigenvalue weighted by Crippen LogP contribution is -2.46. The highest BCUT2D eigenvalue weighted by atomic mass is 16.3. The molecule has 2 aromatic carbocycles. The Morgan fingerprint density at radius 3 is 2.37 bits per heavy atom. The standard InChI is InChI=1S/C21H25N5O/c1-17(21-16-26(23-22-21)19-5-3-2-4-6-19)25-13-11-24(12-14-25)15-18-7-9-20(27)10-8-18/h2-10,16-17,27H,11-15H2,1H3. The van der Waals surface area contributed by atoms with Gasteiger partial charge in [-0.15, -0.1) is 5.10 Å². The lowest BCUT2D eigenvalue weighted by molar-refractivity contribution is 0.0963. The molecule has 4 rings (SSSR count). The Morgan fingerprint density at radius 1 is 0.963 bits per heavy atom. The van der Waals surface area contributed by atoms with E-state index in [0.29, 0.717) is 5.75 Å². The predicted octanol–water partition coefficient (Wildman–Crippen LogP) is 2.85. The summed E-state index contributed by atoms with van der Waals surface area (Å²) in [7, 11) is 0. The zero-order valence-corrected chi connectivity index (χ0v) is 15.6. The first-order valence-electron chi connectivity index (χ1n) is 9.41. The number of aromatic hydroxyl groups is 1. The summed E-state index contributed by atoms with van der Waals surface area (Å²) in [6, 6.07) is 17.8. The van der Waals surface area contributed by atoms with Crippen molar-refractivity contribution in [1.29, 1.82) is 0 Å². The van der Waals surface area contributed by atoms with Crippen molar-refractivity contribution in [3.05, 3.63) is 72.1 Å². The normalized spacial score (nSPS) is 17.1. The van der Waals surface area contributed by atoms with E-state index in [2.05, 4.69) is 27.0 Å². The van der Waals surface area contributed by atoms with Gasteiger partial charge in [0.25, 0.3) is 0 Å². The third-order valence-corrected chi connectivity index (χ3v) is 5.26. The Labute approximate surface area is 159 Å². The van der Waals surface area contributed by atoms with E-state index in [1.807, 2.05) is 53.3 Å². The number of para-hydroxylation sites is 1. The van der Waals surface area contributed by atoms with Gasteiger partial charge in [0.15, 0.2) is 0 Å². The molecule has 0 bridgehead atoms. The van der Waals surface area contributed by atoms with E-state index in [1.54, 1.807) is 12.1 Å². The highest BCUT2D eigenvalue weighted by Crippen LogP contribution is 2.21. The summed E-state index contributed by atoms with van der Waals surface area (Å²) < 4.78 is 1.84. The highest BCUT2D eigenvalue weighted by Gasteiger charge is 2.24. The molecule has 1 atom stereocenters. The molecule has 0 aliphatic carbocycles. The van der Waals surface area contributed by atoms with E-state index in [-0.39, 0.29) is 6.04 Å². The van der Waals surface area contributed by atoms with E-state index in [9.17, 15) is 5.11 Å². The molecule has 1 N–H and O–H groups in total. The monoisotopic (exact) mass is 363 g/mol. The van der Waals surface area contributed by atoms with Crippen molar-refractivity contribution in [3.63, 3.8) is 0 Å². The van der Waals surface area contributed by atoms with Crippen molar-refractivity contribution in [1.82, 2.24) is 24.8 Å². The minimum atomic E-state index is 0.248. The van der Waals surface area contributed by atoms with E-state index in [0.717, 1.165) is 44.1 Å².